The van der Waals surface area contributed by atoms with E-state index in [0.29, 0.717) is 48.3 Å². The zero-order valence-electron chi connectivity index (χ0n) is 21.3. The third kappa shape index (κ3) is 4.36. The number of rotatable bonds is 6. The number of carbonyl (C=O) groups is 1. The smallest absolute Gasteiger partial charge is 0.341 e. The Morgan fingerprint density at radius 1 is 1.08 bits per heavy atom. The summed E-state index contributed by atoms with van der Waals surface area (Å²) < 4.78 is 41.5. The number of guanidine groups is 1. The van der Waals surface area contributed by atoms with Crippen molar-refractivity contribution in [1.29, 1.82) is 0 Å². The molecule has 1 atom stereocenters. The fraction of sp³-hybridized carbons (Fsp3) is 0.357. The predicted molar refractivity (Wildman–Crippen MR) is 140 cm³/mol. The van der Waals surface area contributed by atoms with Crippen molar-refractivity contribution in [3.05, 3.63) is 77.0 Å². The Labute approximate surface area is 214 Å². The Bertz CT molecular complexity index is 1340. The lowest BCUT2D eigenvalue weighted by atomic mass is 10.0. The van der Waals surface area contributed by atoms with Gasteiger partial charge in [0.15, 0.2) is 0 Å². The molecule has 5 rings (SSSR count). The monoisotopic (exact) mass is 509 g/mol. The summed E-state index contributed by atoms with van der Waals surface area (Å²) in [5.41, 5.74) is 3.16. The zero-order chi connectivity index (χ0) is 26.5. The molecule has 0 fully saturated rings. The molecule has 1 N–H and O–H groups in total. The number of anilines is 3. The van der Waals surface area contributed by atoms with Gasteiger partial charge in [-0.1, -0.05) is 51.1 Å². The van der Waals surface area contributed by atoms with Crippen molar-refractivity contribution in [3.63, 3.8) is 0 Å². The van der Waals surface area contributed by atoms with E-state index in [4.69, 9.17) is 4.99 Å². The van der Waals surface area contributed by atoms with Crippen LogP contribution < -0.4 is 10.2 Å². The maximum absolute atomic E-state index is 13.8. The lowest BCUT2D eigenvalue weighted by Crippen LogP contribution is -2.48. The van der Waals surface area contributed by atoms with Crippen LogP contribution in [0.1, 0.15) is 48.0 Å². The summed E-state index contributed by atoms with van der Waals surface area (Å²) in [5, 5.41) is 3.45. The number of hydrogen-bond donors (Lipinski definition) is 1. The molecule has 6 nitrogen and oxygen atoms in total. The van der Waals surface area contributed by atoms with Gasteiger partial charge in [-0.3, -0.25) is 9.69 Å². The highest BCUT2D eigenvalue weighted by Crippen LogP contribution is 2.43. The summed E-state index contributed by atoms with van der Waals surface area (Å²) in [6, 6.07) is 14.8. The van der Waals surface area contributed by atoms with Gasteiger partial charge >= 0.3 is 6.18 Å². The summed E-state index contributed by atoms with van der Waals surface area (Å²) in [7, 11) is 1.74. The second-order valence-corrected chi connectivity index (χ2v) is 9.86. The third-order valence-corrected chi connectivity index (χ3v) is 7.09. The highest BCUT2D eigenvalue weighted by Gasteiger charge is 2.44. The van der Waals surface area contributed by atoms with Crippen molar-refractivity contribution in [2.45, 2.75) is 46.0 Å². The molecule has 0 spiro atoms. The minimum absolute atomic E-state index is 0.0599. The van der Waals surface area contributed by atoms with Crippen LogP contribution in [-0.2, 0) is 19.1 Å². The first-order valence-corrected chi connectivity index (χ1v) is 12.5. The molecule has 1 amide bonds. The van der Waals surface area contributed by atoms with Crippen LogP contribution in [0.2, 0.25) is 0 Å². The second kappa shape index (κ2) is 9.28. The van der Waals surface area contributed by atoms with Crippen molar-refractivity contribution in [2.75, 3.05) is 23.8 Å². The van der Waals surface area contributed by atoms with Crippen molar-refractivity contribution in [1.82, 2.24) is 9.47 Å². The number of aromatic nitrogens is 1. The second-order valence-electron chi connectivity index (χ2n) is 9.86. The predicted octanol–water partition coefficient (Wildman–Crippen LogP) is 6.15. The summed E-state index contributed by atoms with van der Waals surface area (Å²) in [4.78, 5) is 22.4. The SMILES string of the molecule is CCc1c2c(c(Nc3ccccc3)n1Cc1ccc(C(F)(F)F)cc1)C(=O)N(C)C1=N[C@H](C(C)C)CN12. The van der Waals surface area contributed by atoms with E-state index in [1.165, 1.54) is 12.1 Å². The fourth-order valence-electron chi connectivity index (χ4n) is 5.06. The summed E-state index contributed by atoms with van der Waals surface area (Å²) in [6.07, 6.45) is -3.76. The molecule has 0 radical (unpaired) electrons. The van der Waals surface area contributed by atoms with Crippen molar-refractivity contribution in [2.24, 2.45) is 10.9 Å². The third-order valence-electron chi connectivity index (χ3n) is 7.09. The average molecular weight is 510 g/mol. The highest BCUT2D eigenvalue weighted by molar-refractivity contribution is 6.22. The number of halogens is 3. The van der Waals surface area contributed by atoms with E-state index in [1.807, 2.05) is 41.8 Å². The summed E-state index contributed by atoms with van der Waals surface area (Å²) in [5.74, 6) is 1.42. The number of para-hydroxylation sites is 1. The Kier molecular flexibility index (Phi) is 6.25. The number of carbonyl (C=O) groups excluding carboxylic acids is 1. The van der Waals surface area contributed by atoms with E-state index in [1.54, 1.807) is 11.9 Å². The van der Waals surface area contributed by atoms with Gasteiger partial charge in [0, 0.05) is 31.5 Å². The van der Waals surface area contributed by atoms with E-state index in [-0.39, 0.29) is 11.9 Å². The van der Waals surface area contributed by atoms with Crippen molar-refractivity contribution < 1.29 is 18.0 Å². The first-order chi connectivity index (χ1) is 17.6. The van der Waals surface area contributed by atoms with E-state index in [9.17, 15) is 18.0 Å². The van der Waals surface area contributed by atoms with Crippen molar-refractivity contribution in [3.8, 4) is 0 Å². The molecular formula is C28H30F3N5O. The number of nitrogens with zero attached hydrogens (tertiary/aromatic N) is 4. The van der Waals surface area contributed by atoms with Gasteiger partial charge in [-0.15, -0.1) is 0 Å². The number of benzene rings is 2. The Morgan fingerprint density at radius 2 is 1.76 bits per heavy atom. The van der Waals surface area contributed by atoms with Gasteiger partial charge in [-0.2, -0.15) is 13.2 Å². The molecule has 0 unspecified atom stereocenters. The normalized spacial score (nSPS) is 17.2. The van der Waals surface area contributed by atoms with Crippen LogP contribution in [0.25, 0.3) is 0 Å². The Morgan fingerprint density at radius 3 is 2.35 bits per heavy atom. The van der Waals surface area contributed by atoms with Crippen LogP contribution in [-0.4, -0.2) is 41.0 Å². The number of fused-ring (bicyclic) bond motifs is 3. The number of alkyl halides is 3. The van der Waals surface area contributed by atoms with Crippen LogP contribution in [0.3, 0.4) is 0 Å². The van der Waals surface area contributed by atoms with Gasteiger partial charge < -0.3 is 14.8 Å². The lowest BCUT2D eigenvalue weighted by Gasteiger charge is -2.33. The minimum Gasteiger partial charge on any atom is -0.341 e. The molecule has 37 heavy (non-hydrogen) atoms. The molecule has 3 aromatic rings. The average Bonchev–Trinajstić information content (AvgIpc) is 3.43. The van der Waals surface area contributed by atoms with Crippen LogP contribution in [0.5, 0.6) is 0 Å². The van der Waals surface area contributed by atoms with Gasteiger partial charge in [0.25, 0.3) is 5.91 Å². The van der Waals surface area contributed by atoms with Crippen LogP contribution >= 0.6 is 0 Å². The van der Waals surface area contributed by atoms with E-state index in [0.717, 1.165) is 29.2 Å². The van der Waals surface area contributed by atoms with E-state index in [2.05, 4.69) is 24.1 Å². The van der Waals surface area contributed by atoms with Gasteiger partial charge in [-0.05, 0) is 42.2 Å². The largest absolute Gasteiger partial charge is 0.416 e. The first kappa shape index (κ1) is 24.9. The molecule has 2 aliphatic rings. The van der Waals surface area contributed by atoms with Crippen molar-refractivity contribution >= 4 is 29.1 Å². The molecule has 0 saturated heterocycles. The lowest BCUT2D eigenvalue weighted by molar-refractivity contribution is -0.137. The Balaban J connectivity index is 1.66. The molecule has 1 aromatic heterocycles. The van der Waals surface area contributed by atoms with Crippen LogP contribution in [0, 0.1) is 5.92 Å². The number of amides is 1. The fourth-order valence-corrected chi connectivity index (χ4v) is 5.06. The topological polar surface area (TPSA) is 52.9 Å². The highest BCUT2D eigenvalue weighted by atomic mass is 19.4. The molecule has 194 valence electrons. The van der Waals surface area contributed by atoms with E-state index >= 15 is 0 Å². The maximum Gasteiger partial charge on any atom is 0.416 e. The molecule has 0 bridgehead atoms. The maximum atomic E-state index is 13.8. The molecular weight excluding hydrogens is 479 g/mol. The molecule has 9 heteroatoms. The molecule has 2 aromatic carbocycles. The van der Waals surface area contributed by atoms with Crippen LogP contribution in [0.4, 0.5) is 30.4 Å². The molecule has 3 heterocycles. The van der Waals surface area contributed by atoms with Gasteiger partial charge in [0.05, 0.1) is 17.3 Å². The molecule has 0 aliphatic carbocycles. The standard InChI is InChI=1S/C28H30F3N5O/c1-5-22-24-23(26(37)34(4)27-33-21(17(2)3)16-36(24)27)25(32-20-9-7-6-8-10-20)35(22)15-18-11-13-19(14-12-18)28(29,30)31/h6-14,17,21,32H,5,15-16H2,1-4H3/t21-/m0/s1. The number of hydrogen-bond acceptors (Lipinski definition) is 4. The van der Waals surface area contributed by atoms with Crippen LogP contribution in [0.15, 0.2) is 59.6 Å². The molecule has 0 saturated carbocycles. The summed E-state index contributed by atoms with van der Waals surface area (Å²) in [6.45, 7) is 7.25. The van der Waals surface area contributed by atoms with Gasteiger partial charge in [0.2, 0.25) is 5.96 Å². The number of aliphatic imine (C=N–C) groups is 1. The summed E-state index contributed by atoms with van der Waals surface area (Å²) >= 11 is 0. The zero-order valence-corrected chi connectivity index (χ0v) is 21.3. The quantitative estimate of drug-likeness (QED) is 0.434. The van der Waals surface area contributed by atoms with Gasteiger partial charge in [-0.25, -0.2) is 4.99 Å². The first-order valence-electron chi connectivity index (χ1n) is 12.5. The number of nitrogens with one attached hydrogen (secondary N) is 1. The minimum atomic E-state index is -4.39. The van der Waals surface area contributed by atoms with E-state index < -0.39 is 11.7 Å². The van der Waals surface area contributed by atoms with Gasteiger partial charge in [0.1, 0.15) is 11.4 Å². The Hall–Kier alpha value is -3.75. The molecule has 2 aliphatic heterocycles.